The Labute approximate surface area is 201 Å². The van der Waals surface area contributed by atoms with E-state index in [0.717, 1.165) is 22.4 Å². The van der Waals surface area contributed by atoms with Crippen LogP contribution in [0.1, 0.15) is 35.5 Å². The Morgan fingerprint density at radius 1 is 0.971 bits per heavy atom. The lowest BCUT2D eigenvalue weighted by atomic mass is 10.0. The Morgan fingerprint density at radius 3 is 2.56 bits per heavy atom. The average molecular weight is 476 g/mol. The molecule has 9 heteroatoms. The number of benzene rings is 3. The van der Waals surface area contributed by atoms with Crippen LogP contribution in [0.25, 0.3) is 5.69 Å². The van der Waals surface area contributed by atoms with Crippen LogP contribution in [-0.4, -0.2) is 37.2 Å². The Morgan fingerprint density at radius 2 is 1.79 bits per heavy atom. The van der Waals surface area contributed by atoms with E-state index in [4.69, 9.17) is 15.2 Å². The summed E-state index contributed by atoms with van der Waals surface area (Å²) in [6.45, 7) is 0.0101. The highest BCUT2D eigenvalue weighted by Crippen LogP contribution is 2.39. The Balaban J connectivity index is 1.36. The van der Waals surface area contributed by atoms with E-state index in [2.05, 4.69) is 15.5 Å². The van der Waals surface area contributed by atoms with Gasteiger partial charge in [0.25, 0.3) is 0 Å². The molecule has 0 spiro atoms. The fourth-order valence-electron chi connectivity index (χ4n) is 3.90. The van der Waals surface area contributed by atoms with Gasteiger partial charge in [-0.05, 0) is 45.8 Å². The van der Waals surface area contributed by atoms with Crippen LogP contribution in [0.3, 0.4) is 0 Å². The molecule has 0 bridgehead atoms. The second kappa shape index (κ2) is 10.4. The standard InChI is InChI=1S/C25H25N5O3S/c26-20-6-4-5-19(13-20)24-32-22(14-23(33-24)18-11-9-17(15-31)10-12-18)16-34-25-27-28-29-30(25)21-7-2-1-3-8-21/h1-13,22-24,31H,14-16,26H2. The van der Waals surface area contributed by atoms with Crippen molar-refractivity contribution >= 4 is 17.4 Å². The summed E-state index contributed by atoms with van der Waals surface area (Å²) in [5, 5.41) is 22.3. The highest BCUT2D eigenvalue weighted by molar-refractivity contribution is 7.99. The number of ether oxygens (including phenoxy) is 2. The molecule has 3 aromatic carbocycles. The average Bonchev–Trinajstić information content (AvgIpc) is 3.37. The summed E-state index contributed by atoms with van der Waals surface area (Å²) in [7, 11) is 0. The van der Waals surface area contributed by atoms with E-state index >= 15 is 0 Å². The largest absolute Gasteiger partial charge is 0.399 e. The van der Waals surface area contributed by atoms with Crippen molar-refractivity contribution in [1.29, 1.82) is 0 Å². The van der Waals surface area contributed by atoms with Gasteiger partial charge in [0.05, 0.1) is 24.5 Å². The van der Waals surface area contributed by atoms with Gasteiger partial charge in [-0.3, -0.25) is 0 Å². The summed E-state index contributed by atoms with van der Waals surface area (Å²) in [5.41, 5.74) is 10.4. The lowest BCUT2D eigenvalue weighted by molar-refractivity contribution is -0.245. The number of aliphatic hydroxyl groups is 1. The number of aliphatic hydroxyl groups excluding tert-OH is 1. The summed E-state index contributed by atoms with van der Waals surface area (Å²) >= 11 is 1.55. The van der Waals surface area contributed by atoms with Crippen molar-refractivity contribution in [3.8, 4) is 5.69 Å². The molecule has 1 aliphatic heterocycles. The lowest BCUT2D eigenvalue weighted by Crippen LogP contribution is -2.31. The number of tetrazole rings is 1. The highest BCUT2D eigenvalue weighted by Gasteiger charge is 2.32. The number of rotatable bonds is 7. The smallest absolute Gasteiger partial charge is 0.214 e. The molecule has 4 aromatic rings. The maximum absolute atomic E-state index is 9.38. The fraction of sp³-hybridized carbons (Fsp3) is 0.240. The van der Waals surface area contributed by atoms with Crippen molar-refractivity contribution < 1.29 is 14.6 Å². The Kier molecular flexibility index (Phi) is 6.87. The first-order chi connectivity index (χ1) is 16.7. The van der Waals surface area contributed by atoms with E-state index in [9.17, 15) is 5.11 Å². The molecule has 3 atom stereocenters. The number of thioether (sulfide) groups is 1. The first-order valence-corrected chi connectivity index (χ1v) is 12.0. The monoisotopic (exact) mass is 475 g/mol. The van der Waals surface area contributed by atoms with Crippen molar-refractivity contribution in [2.45, 2.75) is 36.7 Å². The lowest BCUT2D eigenvalue weighted by Gasteiger charge is -2.36. The molecule has 8 nitrogen and oxygen atoms in total. The van der Waals surface area contributed by atoms with Crippen LogP contribution in [0.2, 0.25) is 0 Å². The highest BCUT2D eigenvalue weighted by atomic mass is 32.2. The van der Waals surface area contributed by atoms with Gasteiger partial charge in [-0.15, -0.1) is 5.10 Å². The van der Waals surface area contributed by atoms with Gasteiger partial charge in [0.1, 0.15) is 0 Å². The molecule has 174 valence electrons. The molecular formula is C25H25N5O3S. The van der Waals surface area contributed by atoms with E-state index in [1.54, 1.807) is 16.4 Å². The minimum absolute atomic E-state index is 0.0101. The molecule has 0 amide bonds. The van der Waals surface area contributed by atoms with Crippen molar-refractivity contribution in [3.63, 3.8) is 0 Å². The van der Waals surface area contributed by atoms with E-state index in [0.29, 0.717) is 23.0 Å². The van der Waals surface area contributed by atoms with E-state index in [1.807, 2.05) is 78.9 Å². The second-order valence-corrected chi connectivity index (χ2v) is 9.03. The number of nitrogens with two attached hydrogens (primary N) is 1. The number of anilines is 1. The maximum atomic E-state index is 9.38. The third-order valence-corrected chi connectivity index (χ3v) is 6.69. The maximum Gasteiger partial charge on any atom is 0.214 e. The molecule has 0 radical (unpaired) electrons. The Hall–Kier alpha value is -3.24. The molecule has 1 fully saturated rings. The van der Waals surface area contributed by atoms with Crippen molar-refractivity contribution in [2.24, 2.45) is 0 Å². The first kappa shape index (κ1) is 22.5. The molecule has 2 heterocycles. The van der Waals surface area contributed by atoms with E-state index < -0.39 is 6.29 Å². The van der Waals surface area contributed by atoms with Gasteiger partial charge in [0.2, 0.25) is 5.16 Å². The summed E-state index contributed by atoms with van der Waals surface area (Å²) < 4.78 is 14.4. The summed E-state index contributed by atoms with van der Waals surface area (Å²) in [5.74, 6) is 0.653. The van der Waals surface area contributed by atoms with E-state index in [-0.39, 0.29) is 18.8 Å². The number of nitrogens with zero attached hydrogens (tertiary/aromatic N) is 4. The zero-order valence-electron chi connectivity index (χ0n) is 18.4. The normalized spacial score (nSPS) is 20.3. The molecule has 0 aliphatic carbocycles. The predicted molar refractivity (Wildman–Crippen MR) is 129 cm³/mol. The fourth-order valence-corrected chi connectivity index (χ4v) is 4.80. The zero-order chi connectivity index (χ0) is 23.3. The van der Waals surface area contributed by atoms with Gasteiger partial charge in [-0.1, -0.05) is 66.4 Å². The number of hydrogen-bond acceptors (Lipinski definition) is 8. The molecule has 1 aromatic heterocycles. The summed E-state index contributed by atoms with van der Waals surface area (Å²) in [6, 6.07) is 25.2. The Bertz CT molecular complexity index is 1220. The van der Waals surface area contributed by atoms with Gasteiger partial charge < -0.3 is 20.3 Å². The molecule has 3 N–H and O–H groups in total. The number of hydrogen-bond donors (Lipinski definition) is 2. The van der Waals surface area contributed by atoms with Crippen LogP contribution in [0.5, 0.6) is 0 Å². The van der Waals surface area contributed by atoms with Gasteiger partial charge >= 0.3 is 0 Å². The van der Waals surface area contributed by atoms with Crippen LogP contribution in [0.15, 0.2) is 84.0 Å². The molecular weight excluding hydrogens is 450 g/mol. The summed E-state index contributed by atoms with van der Waals surface area (Å²) in [6.07, 6.45) is -0.135. The SMILES string of the molecule is Nc1cccc(C2OC(CSc3nnnn3-c3ccccc3)CC(c3ccc(CO)cc3)O2)c1. The molecule has 34 heavy (non-hydrogen) atoms. The number of para-hydroxylation sites is 1. The summed E-state index contributed by atoms with van der Waals surface area (Å²) in [4.78, 5) is 0. The van der Waals surface area contributed by atoms with Crippen LogP contribution in [0.4, 0.5) is 5.69 Å². The minimum atomic E-state index is -0.546. The van der Waals surface area contributed by atoms with Gasteiger partial charge in [-0.25, -0.2) is 0 Å². The van der Waals surface area contributed by atoms with Crippen LogP contribution >= 0.6 is 11.8 Å². The topological polar surface area (TPSA) is 108 Å². The number of nitrogen functional groups attached to an aromatic ring is 1. The zero-order valence-corrected chi connectivity index (χ0v) is 19.2. The minimum Gasteiger partial charge on any atom is -0.399 e. The van der Waals surface area contributed by atoms with Crippen molar-refractivity contribution in [2.75, 3.05) is 11.5 Å². The predicted octanol–water partition coefficient (Wildman–Crippen LogP) is 4.07. The van der Waals surface area contributed by atoms with Crippen molar-refractivity contribution in [3.05, 3.63) is 95.6 Å². The van der Waals surface area contributed by atoms with Crippen LogP contribution in [0, 0.1) is 0 Å². The first-order valence-electron chi connectivity index (χ1n) is 11.0. The van der Waals surface area contributed by atoms with Crippen LogP contribution < -0.4 is 5.73 Å². The molecule has 5 rings (SSSR count). The van der Waals surface area contributed by atoms with Crippen molar-refractivity contribution in [1.82, 2.24) is 20.2 Å². The second-order valence-electron chi connectivity index (χ2n) is 8.04. The third kappa shape index (κ3) is 5.13. The van der Waals surface area contributed by atoms with Crippen LogP contribution in [-0.2, 0) is 16.1 Å². The quantitative estimate of drug-likeness (QED) is 0.304. The molecule has 1 aliphatic rings. The van der Waals surface area contributed by atoms with Gasteiger partial charge in [0, 0.05) is 23.4 Å². The number of aromatic nitrogens is 4. The third-order valence-electron chi connectivity index (χ3n) is 5.64. The molecule has 3 unspecified atom stereocenters. The molecule has 1 saturated heterocycles. The van der Waals surface area contributed by atoms with E-state index in [1.165, 1.54) is 0 Å². The molecule has 0 saturated carbocycles. The van der Waals surface area contributed by atoms with Gasteiger partial charge in [-0.2, -0.15) is 4.68 Å². The van der Waals surface area contributed by atoms with Gasteiger partial charge in [0.15, 0.2) is 6.29 Å².